The molecule has 0 radical (unpaired) electrons. The maximum atomic E-state index is 12.3. The second-order valence-corrected chi connectivity index (χ2v) is 6.33. The van der Waals surface area contributed by atoms with Crippen molar-refractivity contribution in [3.8, 4) is 5.75 Å². The summed E-state index contributed by atoms with van der Waals surface area (Å²) in [6.07, 6.45) is 0. The number of nitrogens with one attached hydrogen (secondary N) is 2. The van der Waals surface area contributed by atoms with Crippen molar-refractivity contribution in [2.45, 2.75) is 19.6 Å². The van der Waals surface area contributed by atoms with Gasteiger partial charge < -0.3 is 15.4 Å². The summed E-state index contributed by atoms with van der Waals surface area (Å²) >= 11 is 0. The highest BCUT2D eigenvalue weighted by atomic mass is 16.5. The fourth-order valence-electron chi connectivity index (χ4n) is 2.73. The van der Waals surface area contributed by atoms with Crippen molar-refractivity contribution in [2.24, 2.45) is 0 Å². The molecule has 0 saturated heterocycles. The summed E-state index contributed by atoms with van der Waals surface area (Å²) in [5, 5.41) is 6.17. The van der Waals surface area contributed by atoms with Crippen molar-refractivity contribution in [3.05, 3.63) is 96.1 Å². The molecule has 4 heteroatoms. The van der Waals surface area contributed by atoms with Gasteiger partial charge in [0.05, 0.1) is 12.2 Å². The first-order valence-electron chi connectivity index (χ1n) is 9.06. The Hall–Kier alpha value is -3.11. The van der Waals surface area contributed by atoms with E-state index >= 15 is 0 Å². The third-order valence-electron chi connectivity index (χ3n) is 4.27. The van der Waals surface area contributed by atoms with E-state index in [4.69, 9.17) is 4.74 Å². The summed E-state index contributed by atoms with van der Waals surface area (Å²) < 4.78 is 5.88. The van der Waals surface area contributed by atoms with E-state index in [9.17, 15) is 4.79 Å². The van der Waals surface area contributed by atoms with Crippen LogP contribution in [0.2, 0.25) is 0 Å². The van der Waals surface area contributed by atoms with Gasteiger partial charge in [-0.2, -0.15) is 0 Å². The first-order chi connectivity index (χ1) is 13.2. The number of carbonyl (C=O) groups is 1. The Morgan fingerprint density at radius 3 is 2.26 bits per heavy atom. The minimum atomic E-state index is -0.103. The SMILES string of the molecule is CC(NCC(=O)Nc1ccccc1OCc1ccccc1)c1ccccc1. The van der Waals surface area contributed by atoms with Crippen LogP contribution >= 0.6 is 0 Å². The van der Waals surface area contributed by atoms with Gasteiger partial charge in [-0.3, -0.25) is 4.79 Å². The molecule has 0 aromatic heterocycles. The highest BCUT2D eigenvalue weighted by Crippen LogP contribution is 2.24. The average molecular weight is 360 g/mol. The van der Waals surface area contributed by atoms with E-state index in [-0.39, 0.29) is 18.5 Å². The van der Waals surface area contributed by atoms with Crippen LogP contribution in [0, 0.1) is 0 Å². The number of benzene rings is 3. The molecule has 138 valence electrons. The van der Waals surface area contributed by atoms with Gasteiger partial charge in [0, 0.05) is 6.04 Å². The highest BCUT2D eigenvalue weighted by Gasteiger charge is 2.10. The number of ether oxygens (including phenoxy) is 1. The molecule has 27 heavy (non-hydrogen) atoms. The van der Waals surface area contributed by atoms with E-state index in [1.165, 1.54) is 0 Å². The second-order valence-electron chi connectivity index (χ2n) is 6.33. The summed E-state index contributed by atoms with van der Waals surface area (Å²) in [6.45, 7) is 2.72. The number of hydrogen-bond acceptors (Lipinski definition) is 3. The molecule has 0 saturated carbocycles. The summed E-state index contributed by atoms with van der Waals surface area (Å²) in [5.41, 5.74) is 2.90. The van der Waals surface area contributed by atoms with Gasteiger partial charge in [-0.15, -0.1) is 0 Å². The lowest BCUT2D eigenvalue weighted by Gasteiger charge is -2.15. The lowest BCUT2D eigenvalue weighted by Crippen LogP contribution is -2.30. The Morgan fingerprint density at radius 1 is 0.889 bits per heavy atom. The molecule has 0 bridgehead atoms. The van der Waals surface area contributed by atoms with Crippen molar-refractivity contribution in [1.82, 2.24) is 5.32 Å². The monoisotopic (exact) mass is 360 g/mol. The van der Waals surface area contributed by atoms with Crippen LogP contribution < -0.4 is 15.4 Å². The predicted octanol–water partition coefficient (Wildman–Crippen LogP) is 4.55. The summed E-state index contributed by atoms with van der Waals surface area (Å²) in [7, 11) is 0. The number of carbonyl (C=O) groups excluding carboxylic acids is 1. The number of amides is 1. The molecule has 0 aliphatic heterocycles. The van der Waals surface area contributed by atoms with Gasteiger partial charge in [-0.05, 0) is 30.2 Å². The minimum absolute atomic E-state index is 0.0986. The molecular weight excluding hydrogens is 336 g/mol. The molecule has 1 unspecified atom stereocenters. The number of para-hydroxylation sites is 2. The smallest absolute Gasteiger partial charge is 0.238 e. The van der Waals surface area contributed by atoms with Crippen LogP contribution in [0.4, 0.5) is 5.69 Å². The average Bonchev–Trinajstić information content (AvgIpc) is 2.73. The number of hydrogen-bond donors (Lipinski definition) is 2. The maximum Gasteiger partial charge on any atom is 0.238 e. The zero-order valence-electron chi connectivity index (χ0n) is 15.4. The third kappa shape index (κ3) is 5.69. The predicted molar refractivity (Wildman–Crippen MR) is 109 cm³/mol. The fraction of sp³-hybridized carbons (Fsp3) is 0.174. The van der Waals surface area contributed by atoms with Crippen molar-refractivity contribution >= 4 is 11.6 Å². The molecule has 3 rings (SSSR count). The normalized spacial score (nSPS) is 11.6. The maximum absolute atomic E-state index is 12.3. The van der Waals surface area contributed by atoms with E-state index in [1.54, 1.807) is 0 Å². The largest absolute Gasteiger partial charge is 0.487 e. The molecule has 3 aromatic rings. The van der Waals surface area contributed by atoms with E-state index < -0.39 is 0 Å². The molecule has 0 spiro atoms. The van der Waals surface area contributed by atoms with Crippen LogP contribution in [-0.4, -0.2) is 12.5 Å². The van der Waals surface area contributed by atoms with Crippen LogP contribution in [0.1, 0.15) is 24.1 Å². The van der Waals surface area contributed by atoms with Crippen LogP contribution in [-0.2, 0) is 11.4 Å². The molecule has 4 nitrogen and oxygen atoms in total. The Kier molecular flexibility index (Phi) is 6.61. The molecule has 1 amide bonds. The van der Waals surface area contributed by atoms with Gasteiger partial charge in [0.2, 0.25) is 5.91 Å². The minimum Gasteiger partial charge on any atom is -0.487 e. The first kappa shape index (κ1) is 18.7. The Balaban J connectivity index is 1.54. The third-order valence-corrected chi connectivity index (χ3v) is 4.27. The molecule has 3 aromatic carbocycles. The van der Waals surface area contributed by atoms with Crippen LogP contribution in [0.3, 0.4) is 0 Å². The zero-order chi connectivity index (χ0) is 18.9. The van der Waals surface area contributed by atoms with Crippen molar-refractivity contribution in [3.63, 3.8) is 0 Å². The van der Waals surface area contributed by atoms with Gasteiger partial charge in [-0.1, -0.05) is 72.8 Å². The van der Waals surface area contributed by atoms with E-state index in [0.717, 1.165) is 11.1 Å². The quantitative estimate of drug-likeness (QED) is 0.619. The Morgan fingerprint density at radius 2 is 1.52 bits per heavy atom. The number of anilines is 1. The van der Waals surface area contributed by atoms with Gasteiger partial charge in [0.15, 0.2) is 0 Å². The molecule has 0 aliphatic rings. The molecule has 2 N–H and O–H groups in total. The summed E-state index contributed by atoms with van der Waals surface area (Å²) in [4.78, 5) is 12.3. The van der Waals surface area contributed by atoms with Crippen molar-refractivity contribution in [2.75, 3.05) is 11.9 Å². The van der Waals surface area contributed by atoms with Gasteiger partial charge in [-0.25, -0.2) is 0 Å². The van der Waals surface area contributed by atoms with E-state index in [0.29, 0.717) is 18.0 Å². The second kappa shape index (κ2) is 9.55. The van der Waals surface area contributed by atoms with Gasteiger partial charge >= 0.3 is 0 Å². The molecule has 0 heterocycles. The van der Waals surface area contributed by atoms with Crippen molar-refractivity contribution < 1.29 is 9.53 Å². The fourth-order valence-corrected chi connectivity index (χ4v) is 2.73. The lowest BCUT2D eigenvalue weighted by molar-refractivity contribution is -0.115. The summed E-state index contributed by atoms with van der Waals surface area (Å²) in [6, 6.07) is 27.6. The van der Waals surface area contributed by atoms with E-state index in [2.05, 4.69) is 10.6 Å². The van der Waals surface area contributed by atoms with Crippen molar-refractivity contribution in [1.29, 1.82) is 0 Å². The number of rotatable bonds is 8. The Bertz CT molecular complexity index is 851. The molecule has 0 aliphatic carbocycles. The molecule has 1 atom stereocenters. The van der Waals surface area contributed by atoms with E-state index in [1.807, 2.05) is 91.9 Å². The Labute approximate surface area is 160 Å². The van der Waals surface area contributed by atoms with Crippen LogP contribution in [0.25, 0.3) is 0 Å². The molecule has 0 fully saturated rings. The topological polar surface area (TPSA) is 50.4 Å². The van der Waals surface area contributed by atoms with Crippen LogP contribution in [0.15, 0.2) is 84.9 Å². The standard InChI is InChI=1S/C23H24N2O2/c1-18(20-12-6-3-7-13-20)24-16-23(26)25-21-14-8-9-15-22(21)27-17-19-10-4-2-5-11-19/h2-15,18,24H,16-17H2,1H3,(H,25,26). The van der Waals surface area contributed by atoms with Gasteiger partial charge in [0.25, 0.3) is 0 Å². The lowest BCUT2D eigenvalue weighted by atomic mass is 10.1. The zero-order valence-corrected chi connectivity index (χ0v) is 15.4. The van der Waals surface area contributed by atoms with Crippen LogP contribution in [0.5, 0.6) is 5.75 Å². The first-order valence-corrected chi connectivity index (χ1v) is 9.06. The summed E-state index contributed by atoms with van der Waals surface area (Å²) in [5.74, 6) is 0.555. The highest BCUT2D eigenvalue weighted by molar-refractivity contribution is 5.93. The van der Waals surface area contributed by atoms with Gasteiger partial charge in [0.1, 0.15) is 12.4 Å². The molecular formula is C23H24N2O2.